The first-order chi connectivity index (χ1) is 14.1. The SMILES string of the molecule is Cc1ccc(Cl)cc1NCc1ccc(OCc2cccc3ccccc23)c(Cl)c1. The first-order valence-corrected chi connectivity index (χ1v) is 10.2. The van der Waals surface area contributed by atoms with Gasteiger partial charge in [0.05, 0.1) is 5.02 Å². The van der Waals surface area contributed by atoms with Crippen LogP contribution in [-0.2, 0) is 13.2 Å². The first-order valence-electron chi connectivity index (χ1n) is 9.48. The van der Waals surface area contributed by atoms with Gasteiger partial charge in [0.25, 0.3) is 0 Å². The fourth-order valence-electron chi connectivity index (χ4n) is 3.33. The van der Waals surface area contributed by atoms with Crippen LogP contribution in [0.2, 0.25) is 10.0 Å². The quantitative estimate of drug-likeness (QED) is 0.345. The van der Waals surface area contributed by atoms with Gasteiger partial charge in [-0.3, -0.25) is 0 Å². The lowest BCUT2D eigenvalue weighted by molar-refractivity contribution is 0.308. The van der Waals surface area contributed by atoms with Gasteiger partial charge in [-0.25, -0.2) is 0 Å². The summed E-state index contributed by atoms with van der Waals surface area (Å²) in [4.78, 5) is 0. The second-order valence-corrected chi connectivity index (χ2v) is 7.85. The van der Waals surface area contributed by atoms with Crippen LogP contribution in [0.25, 0.3) is 10.8 Å². The molecule has 0 heterocycles. The van der Waals surface area contributed by atoms with Crippen molar-refractivity contribution in [2.45, 2.75) is 20.1 Å². The summed E-state index contributed by atoms with van der Waals surface area (Å²) in [5.74, 6) is 0.683. The molecule has 0 saturated carbocycles. The summed E-state index contributed by atoms with van der Waals surface area (Å²) in [6.45, 7) is 3.18. The van der Waals surface area contributed by atoms with Crippen LogP contribution in [0.4, 0.5) is 5.69 Å². The maximum absolute atomic E-state index is 6.48. The van der Waals surface area contributed by atoms with Crippen LogP contribution in [-0.4, -0.2) is 0 Å². The van der Waals surface area contributed by atoms with Crippen LogP contribution in [0, 0.1) is 6.92 Å². The fourth-order valence-corrected chi connectivity index (χ4v) is 3.76. The number of aryl methyl sites for hydroxylation is 1. The maximum atomic E-state index is 6.48. The van der Waals surface area contributed by atoms with Crippen LogP contribution < -0.4 is 10.1 Å². The van der Waals surface area contributed by atoms with E-state index in [9.17, 15) is 0 Å². The van der Waals surface area contributed by atoms with E-state index in [4.69, 9.17) is 27.9 Å². The van der Waals surface area contributed by atoms with Crippen LogP contribution in [0.5, 0.6) is 5.75 Å². The zero-order valence-electron chi connectivity index (χ0n) is 16.1. The van der Waals surface area contributed by atoms with E-state index in [0.717, 1.165) is 22.4 Å². The third-order valence-electron chi connectivity index (χ3n) is 4.94. The standard InChI is InChI=1S/C25H21Cl2NO/c1-17-9-11-21(26)14-24(17)28-15-18-10-12-25(23(27)13-18)29-16-20-7-4-6-19-5-2-3-8-22(19)20/h2-14,28H,15-16H2,1H3. The van der Waals surface area contributed by atoms with Crippen molar-refractivity contribution in [3.63, 3.8) is 0 Å². The Bertz CT molecular complexity index is 1150. The van der Waals surface area contributed by atoms with E-state index in [-0.39, 0.29) is 0 Å². The van der Waals surface area contributed by atoms with Gasteiger partial charge in [0.1, 0.15) is 12.4 Å². The molecule has 0 amide bonds. The highest BCUT2D eigenvalue weighted by molar-refractivity contribution is 6.32. The minimum absolute atomic E-state index is 0.473. The van der Waals surface area contributed by atoms with Gasteiger partial charge in [-0.2, -0.15) is 0 Å². The number of ether oxygens (including phenoxy) is 1. The van der Waals surface area contributed by atoms with Gasteiger partial charge in [0.2, 0.25) is 0 Å². The normalized spacial score (nSPS) is 10.9. The highest BCUT2D eigenvalue weighted by Crippen LogP contribution is 2.28. The topological polar surface area (TPSA) is 21.3 Å². The molecule has 0 spiro atoms. The summed E-state index contributed by atoms with van der Waals surface area (Å²) in [5.41, 5.74) is 4.38. The Morgan fingerprint density at radius 3 is 2.55 bits per heavy atom. The number of hydrogen-bond acceptors (Lipinski definition) is 2. The molecule has 0 aliphatic heterocycles. The monoisotopic (exact) mass is 421 g/mol. The predicted octanol–water partition coefficient (Wildman–Crippen LogP) is 7.65. The predicted molar refractivity (Wildman–Crippen MR) is 123 cm³/mol. The van der Waals surface area contributed by atoms with Gasteiger partial charge in [0.15, 0.2) is 0 Å². The Hall–Kier alpha value is -2.68. The first kappa shape index (κ1) is 19.6. The second-order valence-electron chi connectivity index (χ2n) is 7.00. The number of halogens is 2. The van der Waals surface area contributed by atoms with E-state index in [2.05, 4.69) is 42.6 Å². The van der Waals surface area contributed by atoms with Crippen molar-refractivity contribution in [1.29, 1.82) is 0 Å². The van der Waals surface area contributed by atoms with Crippen molar-refractivity contribution in [2.24, 2.45) is 0 Å². The van der Waals surface area contributed by atoms with Crippen molar-refractivity contribution in [3.8, 4) is 5.75 Å². The van der Waals surface area contributed by atoms with Gasteiger partial charge < -0.3 is 10.1 Å². The van der Waals surface area contributed by atoms with E-state index >= 15 is 0 Å². The Labute approximate surface area is 181 Å². The molecular formula is C25H21Cl2NO. The minimum Gasteiger partial charge on any atom is -0.487 e. The number of fused-ring (bicyclic) bond motifs is 1. The third kappa shape index (κ3) is 4.67. The number of anilines is 1. The molecule has 0 unspecified atom stereocenters. The maximum Gasteiger partial charge on any atom is 0.138 e. The lowest BCUT2D eigenvalue weighted by atomic mass is 10.1. The molecule has 0 radical (unpaired) electrons. The van der Waals surface area contributed by atoms with Crippen LogP contribution in [0.15, 0.2) is 78.9 Å². The molecule has 0 atom stereocenters. The van der Waals surface area contributed by atoms with Crippen molar-refractivity contribution in [1.82, 2.24) is 0 Å². The van der Waals surface area contributed by atoms with Crippen molar-refractivity contribution < 1.29 is 4.74 Å². The summed E-state index contributed by atoms with van der Waals surface area (Å²) < 4.78 is 6.01. The lowest BCUT2D eigenvalue weighted by Gasteiger charge is -2.13. The zero-order chi connectivity index (χ0) is 20.2. The summed E-state index contributed by atoms with van der Waals surface area (Å²) in [7, 11) is 0. The highest BCUT2D eigenvalue weighted by Gasteiger charge is 2.07. The van der Waals surface area contributed by atoms with Gasteiger partial charge in [0, 0.05) is 17.3 Å². The van der Waals surface area contributed by atoms with Gasteiger partial charge >= 0.3 is 0 Å². The van der Waals surface area contributed by atoms with Crippen molar-refractivity contribution in [3.05, 3.63) is 106 Å². The highest BCUT2D eigenvalue weighted by atomic mass is 35.5. The van der Waals surface area contributed by atoms with Gasteiger partial charge in [-0.1, -0.05) is 77.8 Å². The molecule has 4 aromatic carbocycles. The summed E-state index contributed by atoms with van der Waals surface area (Å²) >= 11 is 12.6. The molecule has 1 N–H and O–H groups in total. The molecule has 4 aromatic rings. The molecule has 0 aromatic heterocycles. The smallest absolute Gasteiger partial charge is 0.138 e. The molecule has 0 saturated heterocycles. The summed E-state index contributed by atoms with van der Waals surface area (Å²) in [6.07, 6.45) is 0. The van der Waals surface area contributed by atoms with E-state index in [0.29, 0.717) is 28.9 Å². The van der Waals surface area contributed by atoms with E-state index in [1.54, 1.807) is 0 Å². The fraction of sp³-hybridized carbons (Fsp3) is 0.120. The molecular weight excluding hydrogens is 401 g/mol. The Morgan fingerprint density at radius 1 is 0.862 bits per heavy atom. The minimum atomic E-state index is 0.473. The number of rotatable bonds is 6. The van der Waals surface area contributed by atoms with E-state index < -0.39 is 0 Å². The average molecular weight is 422 g/mol. The largest absolute Gasteiger partial charge is 0.487 e. The molecule has 4 rings (SSSR count). The average Bonchev–Trinajstić information content (AvgIpc) is 2.73. The Morgan fingerprint density at radius 2 is 1.69 bits per heavy atom. The summed E-state index contributed by atoms with van der Waals surface area (Å²) in [5, 5.41) is 7.13. The van der Waals surface area contributed by atoms with Crippen molar-refractivity contribution in [2.75, 3.05) is 5.32 Å². The van der Waals surface area contributed by atoms with E-state index in [1.165, 1.54) is 10.8 Å². The molecule has 0 aliphatic carbocycles. The number of hydrogen-bond donors (Lipinski definition) is 1. The van der Waals surface area contributed by atoms with Gasteiger partial charge in [-0.05, 0) is 58.7 Å². The summed E-state index contributed by atoms with van der Waals surface area (Å²) in [6, 6.07) is 26.3. The number of benzene rings is 4. The molecule has 0 fully saturated rings. The lowest BCUT2D eigenvalue weighted by Crippen LogP contribution is -2.02. The van der Waals surface area contributed by atoms with E-state index in [1.807, 2.05) is 48.5 Å². The van der Waals surface area contributed by atoms with Crippen LogP contribution in [0.1, 0.15) is 16.7 Å². The molecule has 0 aliphatic rings. The molecule has 4 heteroatoms. The molecule has 146 valence electrons. The molecule has 29 heavy (non-hydrogen) atoms. The number of nitrogens with one attached hydrogen (secondary N) is 1. The zero-order valence-corrected chi connectivity index (χ0v) is 17.6. The second kappa shape index (κ2) is 8.77. The Balaban J connectivity index is 1.44. The van der Waals surface area contributed by atoms with Crippen LogP contribution >= 0.6 is 23.2 Å². The third-order valence-corrected chi connectivity index (χ3v) is 5.47. The Kier molecular flexibility index (Phi) is 5.94. The van der Waals surface area contributed by atoms with Crippen molar-refractivity contribution >= 4 is 39.7 Å². The van der Waals surface area contributed by atoms with Gasteiger partial charge in [-0.15, -0.1) is 0 Å². The molecule has 0 bridgehead atoms. The van der Waals surface area contributed by atoms with Crippen LogP contribution in [0.3, 0.4) is 0 Å². The molecule has 2 nitrogen and oxygen atoms in total.